The van der Waals surface area contributed by atoms with Gasteiger partial charge in [0.2, 0.25) is 0 Å². The summed E-state index contributed by atoms with van der Waals surface area (Å²) in [7, 11) is 0. The molecule has 0 heterocycles. The smallest absolute Gasteiger partial charge is 0.250 e. The second kappa shape index (κ2) is 5.64. The van der Waals surface area contributed by atoms with Crippen LogP contribution in [0.1, 0.15) is 39.5 Å². The maximum absolute atomic E-state index is 11.9. The summed E-state index contributed by atoms with van der Waals surface area (Å²) in [6, 6.07) is 0.332. The lowest BCUT2D eigenvalue weighted by Gasteiger charge is -2.31. The summed E-state index contributed by atoms with van der Waals surface area (Å²) in [6.45, 7) is 4.35. The summed E-state index contributed by atoms with van der Waals surface area (Å²) in [5, 5.41) is 2.93. The molecule has 0 radical (unpaired) electrons. The summed E-state index contributed by atoms with van der Waals surface area (Å²) in [6.07, 6.45) is 2.31. The van der Waals surface area contributed by atoms with Crippen molar-refractivity contribution in [2.75, 3.05) is 6.54 Å². The van der Waals surface area contributed by atoms with Gasteiger partial charge in [-0.05, 0) is 37.5 Å². The Morgan fingerprint density at radius 1 is 1.14 bits per heavy atom. The SMILES string of the molecule is CC(C)C1CCC(NCC(F)F)CC1. The van der Waals surface area contributed by atoms with E-state index in [4.69, 9.17) is 0 Å². The van der Waals surface area contributed by atoms with Crippen molar-refractivity contribution in [3.63, 3.8) is 0 Å². The molecular weight excluding hydrogens is 184 g/mol. The number of nitrogens with one attached hydrogen (secondary N) is 1. The average Bonchev–Trinajstić information content (AvgIpc) is 2.15. The van der Waals surface area contributed by atoms with E-state index in [1.54, 1.807) is 0 Å². The molecule has 84 valence electrons. The van der Waals surface area contributed by atoms with E-state index in [1.165, 1.54) is 12.8 Å². The van der Waals surface area contributed by atoms with Crippen LogP contribution in [0.4, 0.5) is 8.78 Å². The van der Waals surface area contributed by atoms with Crippen molar-refractivity contribution >= 4 is 0 Å². The van der Waals surface area contributed by atoms with Gasteiger partial charge in [0.15, 0.2) is 0 Å². The lowest BCUT2D eigenvalue weighted by molar-refractivity contribution is 0.133. The van der Waals surface area contributed by atoms with E-state index < -0.39 is 6.43 Å². The highest BCUT2D eigenvalue weighted by molar-refractivity contribution is 4.78. The van der Waals surface area contributed by atoms with Crippen LogP contribution < -0.4 is 5.32 Å². The fourth-order valence-corrected chi connectivity index (χ4v) is 2.25. The third kappa shape index (κ3) is 3.91. The lowest BCUT2D eigenvalue weighted by atomic mass is 9.80. The van der Waals surface area contributed by atoms with Crippen LogP contribution in [0.2, 0.25) is 0 Å². The fraction of sp³-hybridized carbons (Fsp3) is 1.00. The standard InChI is InChI=1S/C11H21F2N/c1-8(2)9-3-5-10(6-4-9)14-7-11(12)13/h8-11,14H,3-7H2,1-2H3. The summed E-state index contributed by atoms with van der Waals surface area (Å²) >= 11 is 0. The number of alkyl halides is 2. The van der Waals surface area contributed by atoms with Crippen LogP contribution in [0.25, 0.3) is 0 Å². The van der Waals surface area contributed by atoms with Gasteiger partial charge in [0, 0.05) is 6.04 Å². The second-order valence-corrected chi connectivity index (χ2v) is 4.66. The molecule has 1 aliphatic rings. The molecule has 0 aromatic carbocycles. The molecule has 0 unspecified atom stereocenters. The first-order valence-corrected chi connectivity index (χ1v) is 5.61. The van der Waals surface area contributed by atoms with Crippen LogP contribution in [-0.4, -0.2) is 19.0 Å². The average molecular weight is 205 g/mol. The Kier molecular flexibility index (Phi) is 4.79. The van der Waals surface area contributed by atoms with Crippen LogP contribution in [0.15, 0.2) is 0 Å². The number of halogens is 2. The van der Waals surface area contributed by atoms with Gasteiger partial charge < -0.3 is 5.32 Å². The van der Waals surface area contributed by atoms with Gasteiger partial charge in [-0.1, -0.05) is 13.8 Å². The maximum Gasteiger partial charge on any atom is 0.250 e. The molecule has 0 amide bonds. The number of hydrogen-bond donors (Lipinski definition) is 1. The third-order valence-corrected chi connectivity index (χ3v) is 3.28. The van der Waals surface area contributed by atoms with Gasteiger partial charge in [-0.15, -0.1) is 0 Å². The van der Waals surface area contributed by atoms with Crippen LogP contribution in [0.3, 0.4) is 0 Å². The van der Waals surface area contributed by atoms with Crippen molar-refractivity contribution in [2.45, 2.75) is 52.0 Å². The van der Waals surface area contributed by atoms with E-state index in [1.807, 2.05) is 0 Å². The Morgan fingerprint density at radius 3 is 2.14 bits per heavy atom. The fourth-order valence-electron chi connectivity index (χ4n) is 2.25. The molecule has 0 bridgehead atoms. The zero-order chi connectivity index (χ0) is 10.6. The molecule has 0 aliphatic heterocycles. The number of rotatable bonds is 4. The normalized spacial score (nSPS) is 28.7. The Morgan fingerprint density at radius 2 is 1.71 bits per heavy atom. The Bertz CT molecular complexity index is 151. The molecular formula is C11H21F2N. The highest BCUT2D eigenvalue weighted by Gasteiger charge is 2.23. The van der Waals surface area contributed by atoms with Crippen LogP contribution in [0, 0.1) is 11.8 Å². The predicted molar refractivity (Wildman–Crippen MR) is 54.6 cm³/mol. The van der Waals surface area contributed by atoms with Crippen molar-refractivity contribution < 1.29 is 8.78 Å². The molecule has 0 aromatic heterocycles. The van der Waals surface area contributed by atoms with E-state index in [9.17, 15) is 8.78 Å². The summed E-state index contributed by atoms with van der Waals surface area (Å²) < 4.78 is 23.9. The quantitative estimate of drug-likeness (QED) is 0.743. The molecule has 1 nitrogen and oxygen atoms in total. The van der Waals surface area contributed by atoms with Gasteiger partial charge in [-0.3, -0.25) is 0 Å². The Balaban J connectivity index is 2.16. The van der Waals surface area contributed by atoms with Crippen molar-refractivity contribution in [1.82, 2.24) is 5.32 Å². The van der Waals surface area contributed by atoms with Crippen molar-refractivity contribution in [3.8, 4) is 0 Å². The first-order valence-electron chi connectivity index (χ1n) is 5.61. The van der Waals surface area contributed by atoms with Gasteiger partial charge in [-0.25, -0.2) is 8.78 Å². The van der Waals surface area contributed by atoms with Crippen molar-refractivity contribution in [1.29, 1.82) is 0 Å². The molecule has 0 saturated heterocycles. The maximum atomic E-state index is 11.9. The first kappa shape index (κ1) is 11.9. The third-order valence-electron chi connectivity index (χ3n) is 3.28. The largest absolute Gasteiger partial charge is 0.309 e. The molecule has 3 heteroatoms. The van der Waals surface area contributed by atoms with Gasteiger partial charge in [0.25, 0.3) is 6.43 Å². The zero-order valence-electron chi connectivity index (χ0n) is 9.10. The van der Waals surface area contributed by atoms with Gasteiger partial charge in [0.05, 0.1) is 6.54 Å². The highest BCUT2D eigenvalue weighted by Crippen LogP contribution is 2.29. The zero-order valence-corrected chi connectivity index (χ0v) is 9.10. The highest BCUT2D eigenvalue weighted by atomic mass is 19.3. The molecule has 1 rings (SSSR count). The van der Waals surface area contributed by atoms with Gasteiger partial charge in [-0.2, -0.15) is 0 Å². The minimum atomic E-state index is -2.21. The van der Waals surface area contributed by atoms with E-state index in [0.717, 1.165) is 24.7 Å². The molecule has 0 aromatic rings. The summed E-state index contributed by atoms with van der Waals surface area (Å²) in [5.41, 5.74) is 0. The number of hydrogen-bond acceptors (Lipinski definition) is 1. The lowest BCUT2D eigenvalue weighted by Crippen LogP contribution is -2.36. The molecule has 1 aliphatic carbocycles. The Hall–Kier alpha value is -0.180. The molecule has 14 heavy (non-hydrogen) atoms. The topological polar surface area (TPSA) is 12.0 Å². The van der Waals surface area contributed by atoms with E-state index >= 15 is 0 Å². The van der Waals surface area contributed by atoms with Gasteiger partial charge in [0.1, 0.15) is 0 Å². The molecule has 0 spiro atoms. The van der Waals surface area contributed by atoms with Crippen LogP contribution in [-0.2, 0) is 0 Å². The van der Waals surface area contributed by atoms with Gasteiger partial charge >= 0.3 is 0 Å². The molecule has 1 N–H and O–H groups in total. The van der Waals surface area contributed by atoms with Crippen LogP contribution >= 0.6 is 0 Å². The molecule has 1 saturated carbocycles. The second-order valence-electron chi connectivity index (χ2n) is 4.66. The van der Waals surface area contributed by atoms with Crippen LogP contribution in [0.5, 0.6) is 0 Å². The first-order chi connectivity index (χ1) is 6.59. The van der Waals surface area contributed by atoms with E-state index in [-0.39, 0.29) is 6.54 Å². The molecule has 1 fully saturated rings. The Labute approximate surface area is 85.3 Å². The minimum absolute atomic E-state index is 0.142. The van der Waals surface area contributed by atoms with E-state index in [2.05, 4.69) is 19.2 Å². The summed E-state index contributed by atoms with van der Waals surface area (Å²) in [5.74, 6) is 1.55. The van der Waals surface area contributed by atoms with Crippen molar-refractivity contribution in [3.05, 3.63) is 0 Å². The van der Waals surface area contributed by atoms with Crippen molar-refractivity contribution in [2.24, 2.45) is 11.8 Å². The van der Waals surface area contributed by atoms with E-state index in [0.29, 0.717) is 6.04 Å². The minimum Gasteiger partial charge on any atom is -0.309 e. The molecule has 0 atom stereocenters. The predicted octanol–water partition coefficient (Wildman–Crippen LogP) is 3.06. The monoisotopic (exact) mass is 205 g/mol. The summed E-state index contributed by atoms with van der Waals surface area (Å²) in [4.78, 5) is 0.